The molecule has 0 aromatic rings. The first-order chi connectivity index (χ1) is 6.47. The first-order valence-corrected chi connectivity index (χ1v) is 5.91. The fourth-order valence-corrected chi connectivity index (χ4v) is 5.59. The van der Waals surface area contributed by atoms with Crippen molar-refractivity contribution in [3.05, 3.63) is 6.42 Å². The molecule has 0 heterocycles. The molecular formula is C14H19. The molecule has 0 spiro atoms. The Bertz CT molecular complexity index is 301. The van der Waals surface area contributed by atoms with Gasteiger partial charge in [0, 0.05) is 5.41 Å². The summed E-state index contributed by atoms with van der Waals surface area (Å²) in [6.45, 7) is 4.89. The molecule has 0 aliphatic heterocycles. The van der Waals surface area contributed by atoms with E-state index in [1.54, 1.807) is 0 Å². The summed E-state index contributed by atoms with van der Waals surface area (Å²) in [5.41, 5.74) is 1.27. The van der Waals surface area contributed by atoms with Gasteiger partial charge >= 0.3 is 0 Å². The second kappa shape index (κ2) is 2.21. The maximum absolute atomic E-state index is 7.60. The van der Waals surface area contributed by atoms with Crippen LogP contribution in [0.3, 0.4) is 0 Å². The first-order valence-electron chi connectivity index (χ1n) is 5.91. The van der Waals surface area contributed by atoms with Gasteiger partial charge in [-0.2, -0.15) is 0 Å². The van der Waals surface area contributed by atoms with Crippen LogP contribution in [-0.4, -0.2) is 0 Å². The highest BCUT2D eigenvalue weighted by molar-refractivity contribution is 5.18. The highest BCUT2D eigenvalue weighted by Crippen LogP contribution is 2.69. The van der Waals surface area contributed by atoms with Crippen LogP contribution in [0.2, 0.25) is 0 Å². The summed E-state index contributed by atoms with van der Waals surface area (Å²) in [4.78, 5) is 0. The predicted molar refractivity (Wildman–Crippen MR) is 57.0 cm³/mol. The van der Waals surface area contributed by atoms with Crippen LogP contribution >= 0.6 is 0 Å². The van der Waals surface area contributed by atoms with Crippen LogP contribution in [0.1, 0.15) is 52.4 Å². The molecule has 14 heavy (non-hydrogen) atoms. The average Bonchev–Trinajstić information content (AvgIpc) is 1.97. The Balaban J connectivity index is 2.06. The molecule has 0 nitrogen and oxygen atoms in total. The van der Waals surface area contributed by atoms with Gasteiger partial charge in [0.05, 0.1) is 0 Å². The molecule has 2 unspecified atom stereocenters. The van der Waals surface area contributed by atoms with Gasteiger partial charge in [0.2, 0.25) is 0 Å². The van der Waals surface area contributed by atoms with E-state index in [-0.39, 0.29) is 5.41 Å². The maximum Gasteiger partial charge on any atom is 0.0338 e. The minimum atomic E-state index is 0.183. The molecule has 0 aromatic heterocycles. The van der Waals surface area contributed by atoms with E-state index in [2.05, 4.69) is 19.8 Å². The van der Waals surface area contributed by atoms with E-state index < -0.39 is 0 Å². The summed E-state index contributed by atoms with van der Waals surface area (Å²) >= 11 is 0. The third-order valence-corrected chi connectivity index (χ3v) is 4.89. The molecule has 2 atom stereocenters. The minimum absolute atomic E-state index is 0.183. The van der Waals surface area contributed by atoms with Crippen LogP contribution < -0.4 is 0 Å². The van der Waals surface area contributed by atoms with E-state index in [0.29, 0.717) is 10.8 Å². The molecule has 4 fully saturated rings. The number of hydrogen-bond acceptors (Lipinski definition) is 0. The Labute approximate surface area is 87.5 Å². The Morgan fingerprint density at radius 3 is 2.00 bits per heavy atom. The molecule has 4 rings (SSSR count). The van der Waals surface area contributed by atoms with Crippen molar-refractivity contribution in [3.8, 4) is 5.92 Å². The molecule has 75 valence electrons. The molecule has 0 saturated heterocycles. The summed E-state index contributed by atoms with van der Waals surface area (Å²) < 4.78 is 0. The molecule has 0 amide bonds. The van der Waals surface area contributed by atoms with Gasteiger partial charge in [0.25, 0.3) is 0 Å². The van der Waals surface area contributed by atoms with Crippen molar-refractivity contribution >= 4 is 0 Å². The van der Waals surface area contributed by atoms with E-state index in [9.17, 15) is 0 Å². The van der Waals surface area contributed by atoms with Crippen molar-refractivity contribution in [1.82, 2.24) is 0 Å². The van der Waals surface area contributed by atoms with Crippen LogP contribution in [0.25, 0.3) is 0 Å². The quantitative estimate of drug-likeness (QED) is 0.508. The molecule has 4 aliphatic carbocycles. The van der Waals surface area contributed by atoms with Crippen LogP contribution in [-0.2, 0) is 0 Å². The Hall–Kier alpha value is -0.440. The van der Waals surface area contributed by atoms with Gasteiger partial charge in [-0.1, -0.05) is 19.8 Å². The van der Waals surface area contributed by atoms with E-state index in [1.165, 1.54) is 38.5 Å². The van der Waals surface area contributed by atoms with E-state index in [0.717, 1.165) is 5.92 Å². The maximum atomic E-state index is 7.60. The number of rotatable bonds is 0. The highest BCUT2D eigenvalue weighted by Gasteiger charge is 2.59. The molecular weight excluding hydrogens is 168 g/mol. The lowest BCUT2D eigenvalue weighted by molar-refractivity contribution is -0.120. The SMILES string of the molecule is [C]#CC12CC3CC(C)(CC(C)(C3)C1)C2. The van der Waals surface area contributed by atoms with Crippen molar-refractivity contribution in [1.29, 1.82) is 0 Å². The van der Waals surface area contributed by atoms with Crippen LogP contribution in [0.5, 0.6) is 0 Å². The Morgan fingerprint density at radius 2 is 1.57 bits per heavy atom. The second-order valence-electron chi connectivity index (χ2n) is 7.04. The zero-order chi connectivity index (χ0) is 10.0. The van der Waals surface area contributed by atoms with E-state index in [4.69, 9.17) is 6.42 Å². The van der Waals surface area contributed by atoms with Crippen molar-refractivity contribution < 1.29 is 0 Å². The molecule has 1 radical (unpaired) electrons. The summed E-state index contributed by atoms with van der Waals surface area (Å²) in [7, 11) is 0. The zero-order valence-electron chi connectivity index (χ0n) is 9.32. The molecule has 0 heteroatoms. The second-order valence-corrected chi connectivity index (χ2v) is 7.04. The van der Waals surface area contributed by atoms with Crippen LogP contribution in [0.15, 0.2) is 0 Å². The first kappa shape index (κ1) is 8.84. The van der Waals surface area contributed by atoms with Gasteiger partial charge in [-0.3, -0.25) is 0 Å². The molecule has 4 bridgehead atoms. The smallest absolute Gasteiger partial charge is 0.0338 e. The highest BCUT2D eigenvalue weighted by atomic mass is 14.6. The Morgan fingerprint density at radius 1 is 1.00 bits per heavy atom. The molecule has 0 N–H and O–H groups in total. The van der Waals surface area contributed by atoms with Crippen LogP contribution in [0.4, 0.5) is 0 Å². The topological polar surface area (TPSA) is 0 Å². The standard InChI is InChI=1S/C14H19/c1-4-14-7-11-5-12(2,9-14)8-13(3,6-11)10-14/h11H,5-10H2,2-3H3. The third kappa shape index (κ3) is 1.02. The summed E-state index contributed by atoms with van der Waals surface area (Å²) in [5.74, 6) is 3.81. The Kier molecular flexibility index (Phi) is 1.39. The molecule has 4 aliphatic rings. The van der Waals surface area contributed by atoms with Crippen LogP contribution in [0, 0.1) is 34.5 Å². The van der Waals surface area contributed by atoms with Crippen molar-refractivity contribution in [2.45, 2.75) is 52.4 Å². The lowest BCUT2D eigenvalue weighted by atomic mass is 9.40. The summed E-state index contributed by atoms with van der Waals surface area (Å²) in [5, 5.41) is 0. The van der Waals surface area contributed by atoms with Gasteiger partial charge in [-0.25, -0.2) is 0 Å². The third-order valence-electron chi connectivity index (χ3n) is 4.89. The normalized spacial score (nSPS) is 59.9. The average molecular weight is 187 g/mol. The fraction of sp³-hybridized carbons (Fsp3) is 0.857. The van der Waals surface area contributed by atoms with Gasteiger partial charge in [0.1, 0.15) is 0 Å². The van der Waals surface area contributed by atoms with Gasteiger partial charge < -0.3 is 0 Å². The summed E-state index contributed by atoms with van der Waals surface area (Å²) in [6.07, 6.45) is 15.6. The van der Waals surface area contributed by atoms with Gasteiger partial charge in [-0.05, 0) is 61.7 Å². The molecule has 4 saturated carbocycles. The number of hydrogen-bond donors (Lipinski definition) is 0. The van der Waals surface area contributed by atoms with E-state index >= 15 is 0 Å². The minimum Gasteiger partial charge on any atom is -0.0822 e. The summed E-state index contributed by atoms with van der Waals surface area (Å²) in [6, 6.07) is 0. The predicted octanol–water partition coefficient (Wildman–Crippen LogP) is 3.57. The van der Waals surface area contributed by atoms with E-state index in [1.807, 2.05) is 0 Å². The lowest BCUT2D eigenvalue weighted by Crippen LogP contribution is -2.54. The van der Waals surface area contributed by atoms with Crippen molar-refractivity contribution in [2.24, 2.45) is 22.2 Å². The molecule has 0 aromatic carbocycles. The van der Waals surface area contributed by atoms with Gasteiger partial charge in [-0.15, -0.1) is 0 Å². The fourth-order valence-electron chi connectivity index (χ4n) is 5.59. The lowest BCUT2D eigenvalue weighted by Gasteiger charge is -2.63. The van der Waals surface area contributed by atoms with Crippen molar-refractivity contribution in [3.63, 3.8) is 0 Å². The largest absolute Gasteiger partial charge is 0.0822 e. The van der Waals surface area contributed by atoms with Crippen molar-refractivity contribution in [2.75, 3.05) is 0 Å². The zero-order valence-corrected chi connectivity index (χ0v) is 9.32. The van der Waals surface area contributed by atoms with Gasteiger partial charge in [0.15, 0.2) is 0 Å². The monoisotopic (exact) mass is 187 g/mol.